The maximum Gasteiger partial charge on any atom is 0.377 e. The van der Waals surface area contributed by atoms with Gasteiger partial charge >= 0.3 is 5.97 Å². The number of hydrogen-bond donors (Lipinski definition) is 0. The van der Waals surface area contributed by atoms with Crippen LogP contribution in [0, 0.1) is 0 Å². The Hall–Kier alpha value is -2.37. The molecule has 0 aliphatic carbocycles. The molecule has 1 aromatic carbocycles. The Morgan fingerprint density at radius 3 is 3.21 bits per heavy atom. The average molecular weight is 259 g/mol. The van der Waals surface area contributed by atoms with Crippen molar-refractivity contribution in [3.63, 3.8) is 0 Å². The van der Waals surface area contributed by atoms with E-state index in [1.165, 1.54) is 13.4 Å². The summed E-state index contributed by atoms with van der Waals surface area (Å²) in [5, 5.41) is 4.09. The highest BCUT2D eigenvalue weighted by atomic mass is 16.5. The lowest BCUT2D eigenvalue weighted by atomic mass is 10.0. The highest BCUT2D eigenvalue weighted by Gasteiger charge is 2.24. The van der Waals surface area contributed by atoms with Gasteiger partial charge in [0.25, 0.3) is 5.82 Å². The van der Waals surface area contributed by atoms with Crippen molar-refractivity contribution in [2.45, 2.75) is 12.5 Å². The number of nitrogens with zero attached hydrogens (tertiary/aromatic N) is 3. The predicted octanol–water partition coefficient (Wildman–Crippen LogP) is 1.24. The van der Waals surface area contributed by atoms with Crippen LogP contribution < -0.4 is 4.74 Å². The van der Waals surface area contributed by atoms with Crippen LogP contribution in [-0.4, -0.2) is 34.5 Å². The number of esters is 1. The summed E-state index contributed by atoms with van der Waals surface area (Å²) < 4.78 is 11.8. The summed E-state index contributed by atoms with van der Waals surface area (Å²) in [6.45, 7) is 1.24. The van der Waals surface area contributed by atoms with E-state index in [-0.39, 0.29) is 11.7 Å². The molecule has 1 aliphatic heterocycles. The van der Waals surface area contributed by atoms with Gasteiger partial charge < -0.3 is 9.47 Å². The van der Waals surface area contributed by atoms with Gasteiger partial charge in [0, 0.05) is 11.5 Å². The molecule has 6 nitrogen and oxygen atoms in total. The van der Waals surface area contributed by atoms with Gasteiger partial charge in [-0.05, 0) is 6.07 Å². The molecule has 0 fully saturated rings. The lowest BCUT2D eigenvalue weighted by molar-refractivity contribution is 0.0586. The second kappa shape index (κ2) is 4.72. The van der Waals surface area contributed by atoms with Crippen LogP contribution in [0.2, 0.25) is 0 Å². The molecule has 1 unspecified atom stereocenters. The molecule has 98 valence electrons. The van der Waals surface area contributed by atoms with Crippen LogP contribution in [0.25, 0.3) is 0 Å². The zero-order valence-corrected chi connectivity index (χ0v) is 10.4. The van der Waals surface area contributed by atoms with Crippen LogP contribution >= 0.6 is 0 Å². The Morgan fingerprint density at radius 1 is 1.53 bits per heavy atom. The molecule has 0 saturated heterocycles. The molecule has 19 heavy (non-hydrogen) atoms. The fourth-order valence-electron chi connectivity index (χ4n) is 2.17. The first-order valence-electron chi connectivity index (χ1n) is 5.97. The summed E-state index contributed by atoms with van der Waals surface area (Å²) >= 11 is 0. The van der Waals surface area contributed by atoms with Gasteiger partial charge in [-0.2, -0.15) is 0 Å². The molecule has 1 aromatic heterocycles. The smallest absolute Gasteiger partial charge is 0.377 e. The Balaban J connectivity index is 1.76. The second-order valence-corrected chi connectivity index (χ2v) is 4.33. The Bertz CT molecular complexity index is 609. The van der Waals surface area contributed by atoms with Crippen molar-refractivity contribution in [1.29, 1.82) is 0 Å². The second-order valence-electron chi connectivity index (χ2n) is 4.33. The molecule has 0 saturated carbocycles. The molecule has 3 rings (SSSR count). The lowest BCUT2D eigenvalue weighted by Gasteiger charge is -2.07. The van der Waals surface area contributed by atoms with Crippen molar-refractivity contribution >= 4 is 5.97 Å². The van der Waals surface area contributed by atoms with Crippen molar-refractivity contribution in [3.05, 3.63) is 42.0 Å². The van der Waals surface area contributed by atoms with Gasteiger partial charge in [-0.15, -0.1) is 5.10 Å². The van der Waals surface area contributed by atoms with E-state index in [0.717, 1.165) is 11.3 Å². The zero-order valence-electron chi connectivity index (χ0n) is 10.4. The molecule has 0 spiro atoms. The van der Waals surface area contributed by atoms with E-state index < -0.39 is 5.97 Å². The van der Waals surface area contributed by atoms with Crippen molar-refractivity contribution in [3.8, 4) is 5.75 Å². The molecular formula is C13H13N3O3. The minimum absolute atomic E-state index is 0.0784. The van der Waals surface area contributed by atoms with E-state index in [1.54, 1.807) is 4.68 Å². The normalized spacial score (nSPS) is 16.8. The van der Waals surface area contributed by atoms with E-state index in [1.807, 2.05) is 24.3 Å². The number of para-hydroxylation sites is 1. The van der Waals surface area contributed by atoms with Crippen LogP contribution in [0.5, 0.6) is 5.75 Å². The van der Waals surface area contributed by atoms with E-state index in [0.29, 0.717) is 13.2 Å². The van der Waals surface area contributed by atoms with Crippen LogP contribution in [-0.2, 0) is 11.3 Å². The summed E-state index contributed by atoms with van der Waals surface area (Å²) in [5.41, 5.74) is 1.16. The molecule has 2 heterocycles. The Labute approximate surface area is 110 Å². The van der Waals surface area contributed by atoms with Gasteiger partial charge in [0.05, 0.1) is 20.3 Å². The third-order valence-electron chi connectivity index (χ3n) is 3.11. The first-order chi connectivity index (χ1) is 9.28. The van der Waals surface area contributed by atoms with Crippen molar-refractivity contribution in [2.75, 3.05) is 13.7 Å². The monoisotopic (exact) mass is 259 g/mol. The summed E-state index contributed by atoms with van der Waals surface area (Å²) in [4.78, 5) is 15.2. The van der Waals surface area contributed by atoms with Crippen LogP contribution in [0.4, 0.5) is 0 Å². The minimum Gasteiger partial charge on any atom is -0.493 e. The summed E-state index contributed by atoms with van der Waals surface area (Å²) in [6.07, 6.45) is 1.53. The van der Waals surface area contributed by atoms with E-state index >= 15 is 0 Å². The maximum atomic E-state index is 11.3. The molecule has 0 N–H and O–H groups in total. The topological polar surface area (TPSA) is 66.2 Å². The van der Waals surface area contributed by atoms with Gasteiger partial charge in [0.1, 0.15) is 12.1 Å². The van der Waals surface area contributed by atoms with E-state index in [9.17, 15) is 4.79 Å². The molecule has 2 aromatic rings. The van der Waals surface area contributed by atoms with Crippen molar-refractivity contribution in [2.24, 2.45) is 0 Å². The van der Waals surface area contributed by atoms with Gasteiger partial charge in [0.2, 0.25) is 0 Å². The lowest BCUT2D eigenvalue weighted by Crippen LogP contribution is -2.12. The molecule has 0 amide bonds. The predicted molar refractivity (Wildman–Crippen MR) is 66.0 cm³/mol. The molecule has 0 bridgehead atoms. The molecule has 1 atom stereocenters. The summed E-state index contributed by atoms with van der Waals surface area (Å²) in [6, 6.07) is 7.94. The summed E-state index contributed by atoms with van der Waals surface area (Å²) in [5.74, 6) is 0.695. The number of rotatable bonds is 3. The van der Waals surface area contributed by atoms with Gasteiger partial charge in [0.15, 0.2) is 0 Å². The molecule has 6 heteroatoms. The molecular weight excluding hydrogens is 246 g/mol. The average Bonchev–Trinajstić information content (AvgIpc) is 3.06. The molecule has 1 aliphatic rings. The number of carbonyl (C=O) groups excluding carboxylic acids is 1. The van der Waals surface area contributed by atoms with Gasteiger partial charge in [-0.1, -0.05) is 18.2 Å². The third kappa shape index (κ3) is 2.16. The standard InChI is InChI=1S/C13H13N3O3/c1-18-13(17)12-14-8-16(15-12)6-9-7-19-11-5-3-2-4-10(9)11/h2-5,8-9H,6-7H2,1H3. The zero-order chi connectivity index (χ0) is 13.2. The molecule has 0 radical (unpaired) electrons. The number of benzene rings is 1. The number of aromatic nitrogens is 3. The fourth-order valence-corrected chi connectivity index (χ4v) is 2.17. The van der Waals surface area contributed by atoms with E-state index in [2.05, 4.69) is 14.8 Å². The quantitative estimate of drug-likeness (QED) is 0.776. The number of carbonyl (C=O) groups is 1. The summed E-state index contributed by atoms with van der Waals surface area (Å²) in [7, 11) is 1.31. The maximum absolute atomic E-state index is 11.3. The number of fused-ring (bicyclic) bond motifs is 1. The number of hydrogen-bond acceptors (Lipinski definition) is 5. The Kier molecular flexibility index (Phi) is 2.91. The van der Waals surface area contributed by atoms with Crippen LogP contribution in [0.3, 0.4) is 0 Å². The highest BCUT2D eigenvalue weighted by molar-refractivity contribution is 5.84. The van der Waals surface area contributed by atoms with Crippen LogP contribution in [0.15, 0.2) is 30.6 Å². The fraction of sp³-hybridized carbons (Fsp3) is 0.308. The van der Waals surface area contributed by atoms with Gasteiger partial charge in [-0.3, -0.25) is 4.68 Å². The largest absolute Gasteiger partial charge is 0.493 e. The van der Waals surface area contributed by atoms with Crippen molar-refractivity contribution < 1.29 is 14.3 Å². The first kappa shape index (κ1) is 11.7. The highest BCUT2D eigenvalue weighted by Crippen LogP contribution is 2.34. The SMILES string of the molecule is COC(=O)c1ncn(CC2COc3ccccc32)n1. The van der Waals surface area contributed by atoms with Crippen molar-refractivity contribution in [1.82, 2.24) is 14.8 Å². The third-order valence-corrected chi connectivity index (χ3v) is 3.11. The van der Waals surface area contributed by atoms with Crippen LogP contribution in [0.1, 0.15) is 22.1 Å². The van der Waals surface area contributed by atoms with E-state index in [4.69, 9.17) is 4.74 Å². The number of methoxy groups -OCH3 is 1. The first-order valence-corrected chi connectivity index (χ1v) is 5.97. The van der Waals surface area contributed by atoms with Gasteiger partial charge in [-0.25, -0.2) is 9.78 Å². The Morgan fingerprint density at radius 2 is 2.37 bits per heavy atom. The number of ether oxygens (including phenoxy) is 2. The minimum atomic E-state index is -0.526.